The summed E-state index contributed by atoms with van der Waals surface area (Å²) < 4.78 is 6.86. The van der Waals surface area contributed by atoms with Crippen molar-refractivity contribution in [1.82, 2.24) is 15.1 Å². The summed E-state index contributed by atoms with van der Waals surface area (Å²) in [6.45, 7) is 5.79. The van der Waals surface area contributed by atoms with Crippen LogP contribution in [-0.2, 0) is 11.8 Å². The fourth-order valence-electron chi connectivity index (χ4n) is 1.08. The lowest BCUT2D eigenvalue weighted by atomic mass is 10.1. The fourth-order valence-corrected chi connectivity index (χ4v) is 1.08. The summed E-state index contributed by atoms with van der Waals surface area (Å²) in [5.41, 5.74) is -0.227. The number of nitrogens with zero attached hydrogens (tertiary/aromatic N) is 2. The normalized spacial score (nSPS) is 11.2. The van der Waals surface area contributed by atoms with Gasteiger partial charge in [0.15, 0.2) is 12.4 Å². The van der Waals surface area contributed by atoms with E-state index < -0.39 is 0 Å². The van der Waals surface area contributed by atoms with Crippen LogP contribution >= 0.6 is 0 Å². The molecule has 0 radical (unpaired) electrons. The van der Waals surface area contributed by atoms with Gasteiger partial charge >= 0.3 is 0 Å². The van der Waals surface area contributed by atoms with Crippen LogP contribution in [0.5, 0.6) is 5.75 Å². The van der Waals surface area contributed by atoms with Crippen LogP contribution in [0, 0.1) is 0 Å². The Morgan fingerprint density at radius 3 is 2.73 bits per heavy atom. The van der Waals surface area contributed by atoms with E-state index in [0.717, 1.165) is 0 Å². The van der Waals surface area contributed by atoms with Crippen molar-refractivity contribution in [2.24, 2.45) is 7.05 Å². The lowest BCUT2D eigenvalue weighted by Gasteiger charge is -2.20. The molecule has 0 unspecified atom stereocenters. The zero-order valence-electron chi connectivity index (χ0n) is 9.57. The molecule has 0 aliphatic heterocycles. The molecule has 1 amide bonds. The van der Waals surface area contributed by atoms with Crippen LogP contribution in [0.25, 0.3) is 0 Å². The van der Waals surface area contributed by atoms with Crippen LogP contribution in [0.4, 0.5) is 0 Å². The highest BCUT2D eigenvalue weighted by Crippen LogP contribution is 2.06. The first-order chi connectivity index (χ1) is 6.87. The summed E-state index contributed by atoms with van der Waals surface area (Å²) in [5.74, 6) is 0.466. The van der Waals surface area contributed by atoms with Gasteiger partial charge in [0.1, 0.15) is 0 Å². The molecule has 0 bridgehead atoms. The second kappa shape index (κ2) is 4.33. The molecule has 5 heteroatoms. The van der Waals surface area contributed by atoms with Gasteiger partial charge in [0, 0.05) is 12.6 Å². The molecule has 0 aliphatic carbocycles. The highest BCUT2D eigenvalue weighted by atomic mass is 16.5. The maximum absolute atomic E-state index is 11.4. The van der Waals surface area contributed by atoms with Crippen molar-refractivity contribution in [1.29, 1.82) is 0 Å². The Morgan fingerprint density at radius 2 is 2.27 bits per heavy atom. The lowest BCUT2D eigenvalue weighted by Crippen LogP contribution is -2.43. The number of nitrogens with one attached hydrogen (secondary N) is 1. The van der Waals surface area contributed by atoms with E-state index in [0.29, 0.717) is 5.75 Å². The van der Waals surface area contributed by atoms with Crippen molar-refractivity contribution in [3.05, 3.63) is 12.4 Å². The highest BCUT2D eigenvalue weighted by molar-refractivity contribution is 5.78. The first kappa shape index (κ1) is 11.6. The third-order valence-corrected chi connectivity index (χ3v) is 1.57. The number of carbonyl (C=O) groups is 1. The van der Waals surface area contributed by atoms with Crippen LogP contribution in [-0.4, -0.2) is 27.8 Å². The van der Waals surface area contributed by atoms with Gasteiger partial charge in [0.2, 0.25) is 0 Å². The molecule has 84 valence electrons. The highest BCUT2D eigenvalue weighted by Gasteiger charge is 2.13. The van der Waals surface area contributed by atoms with Gasteiger partial charge in [-0.2, -0.15) is 5.10 Å². The standard InChI is InChI=1S/C10H17N3O2/c1-10(2,3)12-9(14)7-15-8-5-11-13(4)6-8/h5-6H,7H2,1-4H3,(H,12,14). The molecule has 1 aromatic heterocycles. The van der Waals surface area contributed by atoms with Crippen molar-refractivity contribution in [2.75, 3.05) is 6.61 Å². The summed E-state index contributed by atoms with van der Waals surface area (Å²) >= 11 is 0. The molecule has 15 heavy (non-hydrogen) atoms. The number of amides is 1. The molecule has 0 aliphatic rings. The van der Waals surface area contributed by atoms with Gasteiger partial charge in [0.05, 0.1) is 12.4 Å². The minimum atomic E-state index is -0.227. The zero-order chi connectivity index (χ0) is 11.5. The van der Waals surface area contributed by atoms with Gasteiger partial charge in [-0.25, -0.2) is 0 Å². The van der Waals surface area contributed by atoms with Gasteiger partial charge in [-0.15, -0.1) is 0 Å². The van der Waals surface area contributed by atoms with Gasteiger partial charge in [0.25, 0.3) is 5.91 Å². The van der Waals surface area contributed by atoms with E-state index in [1.54, 1.807) is 24.1 Å². The van der Waals surface area contributed by atoms with Gasteiger partial charge in [-0.3, -0.25) is 9.48 Å². The van der Waals surface area contributed by atoms with Crippen LogP contribution in [0.15, 0.2) is 12.4 Å². The Kier molecular flexibility index (Phi) is 3.34. The summed E-state index contributed by atoms with van der Waals surface area (Å²) in [5, 5.41) is 6.73. The SMILES string of the molecule is Cn1cc(OCC(=O)NC(C)(C)C)cn1. The molecule has 1 rings (SSSR count). The average Bonchev–Trinajstić information content (AvgIpc) is 2.45. The first-order valence-corrected chi connectivity index (χ1v) is 4.79. The number of rotatable bonds is 3. The van der Waals surface area contributed by atoms with Crippen molar-refractivity contribution < 1.29 is 9.53 Å². The van der Waals surface area contributed by atoms with Gasteiger partial charge in [-0.05, 0) is 20.8 Å². The van der Waals surface area contributed by atoms with Crippen LogP contribution < -0.4 is 10.1 Å². The summed E-state index contributed by atoms with van der Waals surface area (Å²) in [7, 11) is 1.79. The monoisotopic (exact) mass is 211 g/mol. The Labute approximate surface area is 89.4 Å². The second-order valence-electron chi connectivity index (χ2n) is 4.44. The maximum atomic E-state index is 11.4. The number of carbonyl (C=O) groups excluding carboxylic acids is 1. The third-order valence-electron chi connectivity index (χ3n) is 1.57. The minimum Gasteiger partial charge on any atom is -0.480 e. The molecule has 1 heterocycles. The number of hydrogen-bond acceptors (Lipinski definition) is 3. The van der Waals surface area contributed by atoms with E-state index in [1.807, 2.05) is 20.8 Å². The van der Waals surface area contributed by atoms with E-state index in [9.17, 15) is 4.79 Å². The molecule has 0 spiro atoms. The molecule has 0 saturated carbocycles. The van der Waals surface area contributed by atoms with E-state index in [1.165, 1.54) is 0 Å². The molecular formula is C10H17N3O2. The van der Waals surface area contributed by atoms with Crippen LogP contribution in [0.2, 0.25) is 0 Å². The Hall–Kier alpha value is -1.52. The smallest absolute Gasteiger partial charge is 0.258 e. The molecule has 1 aromatic rings. The Balaban J connectivity index is 2.35. The van der Waals surface area contributed by atoms with E-state index in [2.05, 4.69) is 10.4 Å². The van der Waals surface area contributed by atoms with Crippen molar-refractivity contribution in [3.8, 4) is 5.75 Å². The predicted octanol–water partition coefficient (Wildman–Crippen LogP) is 0.714. The van der Waals surface area contributed by atoms with Crippen molar-refractivity contribution >= 4 is 5.91 Å². The minimum absolute atomic E-state index is 0.0168. The number of hydrogen-bond donors (Lipinski definition) is 1. The van der Waals surface area contributed by atoms with Crippen LogP contribution in [0.1, 0.15) is 20.8 Å². The maximum Gasteiger partial charge on any atom is 0.258 e. The average molecular weight is 211 g/mol. The van der Waals surface area contributed by atoms with Crippen molar-refractivity contribution in [2.45, 2.75) is 26.3 Å². The zero-order valence-corrected chi connectivity index (χ0v) is 9.57. The summed E-state index contributed by atoms with van der Waals surface area (Å²) in [6.07, 6.45) is 3.29. The van der Waals surface area contributed by atoms with E-state index in [4.69, 9.17) is 4.74 Å². The summed E-state index contributed by atoms with van der Waals surface area (Å²) in [6, 6.07) is 0. The Morgan fingerprint density at radius 1 is 1.60 bits per heavy atom. The third kappa shape index (κ3) is 4.49. The first-order valence-electron chi connectivity index (χ1n) is 4.79. The van der Waals surface area contributed by atoms with E-state index in [-0.39, 0.29) is 18.1 Å². The van der Waals surface area contributed by atoms with Gasteiger partial charge in [-0.1, -0.05) is 0 Å². The number of aromatic nitrogens is 2. The molecule has 0 atom stereocenters. The second-order valence-corrected chi connectivity index (χ2v) is 4.44. The fraction of sp³-hybridized carbons (Fsp3) is 0.600. The predicted molar refractivity (Wildman–Crippen MR) is 56.6 cm³/mol. The quantitative estimate of drug-likeness (QED) is 0.801. The molecule has 0 saturated heterocycles. The molecule has 0 aromatic carbocycles. The molecule has 0 fully saturated rings. The topological polar surface area (TPSA) is 56.1 Å². The lowest BCUT2D eigenvalue weighted by molar-refractivity contribution is -0.124. The number of aryl methyl sites for hydroxylation is 1. The van der Waals surface area contributed by atoms with Gasteiger partial charge < -0.3 is 10.1 Å². The molecular weight excluding hydrogens is 194 g/mol. The van der Waals surface area contributed by atoms with Crippen molar-refractivity contribution in [3.63, 3.8) is 0 Å². The van der Waals surface area contributed by atoms with E-state index >= 15 is 0 Å². The molecule has 5 nitrogen and oxygen atoms in total. The molecule has 1 N–H and O–H groups in total. The van der Waals surface area contributed by atoms with Crippen LogP contribution in [0.3, 0.4) is 0 Å². The summed E-state index contributed by atoms with van der Waals surface area (Å²) in [4.78, 5) is 11.4. The largest absolute Gasteiger partial charge is 0.480 e. The number of ether oxygens (including phenoxy) is 1. The Bertz CT molecular complexity index is 339.